The van der Waals surface area contributed by atoms with Crippen LogP contribution in [0.3, 0.4) is 0 Å². The maximum Gasteiger partial charge on any atom is 0.325 e. The first-order valence-electron chi connectivity index (χ1n) is 8.80. The molecule has 1 aliphatic rings. The fourth-order valence-corrected chi connectivity index (χ4v) is 3.22. The molecule has 2 aromatic carbocycles. The van der Waals surface area contributed by atoms with Crippen LogP contribution in [0.15, 0.2) is 65.2 Å². The summed E-state index contributed by atoms with van der Waals surface area (Å²) in [6.45, 7) is 1.64. The van der Waals surface area contributed by atoms with Gasteiger partial charge in [0.15, 0.2) is 5.76 Å². The smallest absolute Gasteiger partial charge is 0.325 e. The van der Waals surface area contributed by atoms with Crippen LogP contribution in [0, 0.1) is 0 Å². The Balaban J connectivity index is 1.55. The maximum atomic E-state index is 13.0. The Kier molecular flexibility index (Phi) is 4.35. The first-order valence-corrected chi connectivity index (χ1v) is 8.80. The number of carbonyl (C=O) groups is 2. The Labute approximate surface area is 161 Å². The van der Waals surface area contributed by atoms with Crippen LogP contribution in [0.25, 0.3) is 11.3 Å². The van der Waals surface area contributed by atoms with Crippen LogP contribution in [-0.4, -0.2) is 28.9 Å². The van der Waals surface area contributed by atoms with Crippen molar-refractivity contribution >= 4 is 11.9 Å². The molecular weight excluding hydrogens is 358 g/mol. The highest BCUT2D eigenvalue weighted by Crippen LogP contribution is 2.31. The van der Waals surface area contributed by atoms with Crippen molar-refractivity contribution in [2.24, 2.45) is 0 Å². The van der Waals surface area contributed by atoms with E-state index in [9.17, 15) is 9.59 Å². The molecule has 7 nitrogen and oxygen atoms in total. The van der Waals surface area contributed by atoms with Crippen LogP contribution < -0.4 is 10.1 Å². The standard InChI is InChI=1S/C21H19N3O4/c1-21(15-8-10-16(27-2)11-9-15)19(25)24(20(26)23-21)13-18-22-12-17(28-18)14-6-4-3-5-7-14/h3-12H,13H2,1-2H3,(H,23,26)/t21-/m0/s1. The van der Waals surface area contributed by atoms with Gasteiger partial charge >= 0.3 is 6.03 Å². The van der Waals surface area contributed by atoms with E-state index < -0.39 is 11.6 Å². The van der Waals surface area contributed by atoms with Crippen LogP contribution in [0.2, 0.25) is 0 Å². The summed E-state index contributed by atoms with van der Waals surface area (Å²) in [5.74, 6) is 1.19. The number of methoxy groups -OCH3 is 1. The fourth-order valence-electron chi connectivity index (χ4n) is 3.22. The molecule has 1 aliphatic heterocycles. The zero-order valence-corrected chi connectivity index (χ0v) is 15.5. The zero-order valence-electron chi connectivity index (χ0n) is 15.5. The number of rotatable bonds is 5. The Morgan fingerprint density at radius 2 is 1.82 bits per heavy atom. The lowest BCUT2D eigenvalue weighted by Gasteiger charge is -2.22. The molecule has 4 rings (SSSR count). The lowest BCUT2D eigenvalue weighted by atomic mass is 9.92. The van der Waals surface area contributed by atoms with Gasteiger partial charge in [0.2, 0.25) is 5.89 Å². The van der Waals surface area contributed by atoms with Gasteiger partial charge in [0.05, 0.1) is 13.3 Å². The number of aromatic nitrogens is 1. The zero-order chi connectivity index (χ0) is 19.7. The Morgan fingerprint density at radius 1 is 1.11 bits per heavy atom. The summed E-state index contributed by atoms with van der Waals surface area (Å²) < 4.78 is 10.9. The van der Waals surface area contributed by atoms with Gasteiger partial charge in [-0.25, -0.2) is 9.78 Å². The molecule has 2 heterocycles. The number of hydrogen-bond acceptors (Lipinski definition) is 5. The summed E-state index contributed by atoms with van der Waals surface area (Å²) in [4.78, 5) is 30.8. The van der Waals surface area contributed by atoms with E-state index >= 15 is 0 Å². The van der Waals surface area contributed by atoms with E-state index in [0.717, 1.165) is 10.5 Å². The molecule has 1 saturated heterocycles. The summed E-state index contributed by atoms with van der Waals surface area (Å²) in [6.07, 6.45) is 1.59. The number of imide groups is 1. The first kappa shape index (κ1) is 17.8. The van der Waals surface area contributed by atoms with E-state index in [4.69, 9.17) is 9.15 Å². The van der Waals surface area contributed by atoms with Crippen molar-refractivity contribution in [3.63, 3.8) is 0 Å². The van der Waals surface area contributed by atoms with Gasteiger partial charge in [0.1, 0.15) is 17.8 Å². The third kappa shape index (κ3) is 3.00. The predicted octanol–water partition coefficient (Wildman–Crippen LogP) is 3.32. The van der Waals surface area contributed by atoms with Crippen molar-refractivity contribution < 1.29 is 18.7 Å². The molecule has 7 heteroatoms. The minimum Gasteiger partial charge on any atom is -0.497 e. The molecule has 1 atom stereocenters. The van der Waals surface area contributed by atoms with Crippen molar-refractivity contribution in [3.05, 3.63) is 72.2 Å². The summed E-state index contributed by atoms with van der Waals surface area (Å²) in [6, 6.07) is 16.1. The highest BCUT2D eigenvalue weighted by molar-refractivity contribution is 6.07. The van der Waals surface area contributed by atoms with E-state index in [-0.39, 0.29) is 12.5 Å². The second-order valence-electron chi connectivity index (χ2n) is 6.66. The van der Waals surface area contributed by atoms with Gasteiger partial charge in [-0.2, -0.15) is 0 Å². The molecule has 0 bridgehead atoms. The highest BCUT2D eigenvalue weighted by atomic mass is 16.5. The molecule has 0 radical (unpaired) electrons. The minimum atomic E-state index is -1.15. The molecule has 1 fully saturated rings. The summed E-state index contributed by atoms with van der Waals surface area (Å²) in [5.41, 5.74) is 0.395. The number of urea groups is 1. The van der Waals surface area contributed by atoms with Crippen molar-refractivity contribution in [2.75, 3.05) is 7.11 Å². The molecule has 0 saturated carbocycles. The molecule has 0 aliphatic carbocycles. The second kappa shape index (κ2) is 6.84. The molecule has 3 aromatic rings. The summed E-state index contributed by atoms with van der Waals surface area (Å²) >= 11 is 0. The quantitative estimate of drug-likeness (QED) is 0.690. The summed E-state index contributed by atoms with van der Waals surface area (Å²) in [7, 11) is 1.57. The highest BCUT2D eigenvalue weighted by Gasteiger charge is 2.49. The lowest BCUT2D eigenvalue weighted by molar-refractivity contribution is -0.131. The summed E-state index contributed by atoms with van der Waals surface area (Å²) in [5, 5.41) is 2.77. The van der Waals surface area contributed by atoms with E-state index in [2.05, 4.69) is 10.3 Å². The average Bonchev–Trinajstić information content (AvgIpc) is 3.28. The van der Waals surface area contributed by atoms with E-state index in [1.807, 2.05) is 30.3 Å². The third-order valence-corrected chi connectivity index (χ3v) is 4.85. The molecule has 0 spiro atoms. The van der Waals surface area contributed by atoms with Gasteiger partial charge in [-0.3, -0.25) is 9.69 Å². The van der Waals surface area contributed by atoms with Gasteiger partial charge in [0, 0.05) is 5.56 Å². The number of hydrogen-bond donors (Lipinski definition) is 1. The second-order valence-corrected chi connectivity index (χ2v) is 6.66. The third-order valence-electron chi connectivity index (χ3n) is 4.85. The first-order chi connectivity index (χ1) is 13.5. The molecule has 0 unspecified atom stereocenters. The monoisotopic (exact) mass is 377 g/mol. The van der Waals surface area contributed by atoms with Crippen LogP contribution in [0.4, 0.5) is 4.79 Å². The van der Waals surface area contributed by atoms with Crippen LogP contribution >= 0.6 is 0 Å². The van der Waals surface area contributed by atoms with Crippen LogP contribution in [0.5, 0.6) is 5.75 Å². The van der Waals surface area contributed by atoms with Crippen molar-refractivity contribution in [1.82, 2.24) is 15.2 Å². The van der Waals surface area contributed by atoms with E-state index in [1.54, 1.807) is 44.5 Å². The van der Waals surface area contributed by atoms with E-state index in [1.165, 1.54) is 0 Å². The number of nitrogens with zero attached hydrogens (tertiary/aromatic N) is 2. The van der Waals surface area contributed by atoms with Gasteiger partial charge in [-0.1, -0.05) is 42.5 Å². The molecule has 28 heavy (non-hydrogen) atoms. The van der Waals surface area contributed by atoms with Crippen LogP contribution in [-0.2, 0) is 16.9 Å². The van der Waals surface area contributed by atoms with Crippen molar-refractivity contribution in [3.8, 4) is 17.1 Å². The SMILES string of the molecule is COc1ccc([C@]2(C)NC(=O)N(Cc3ncc(-c4ccccc4)o3)C2=O)cc1. The number of oxazole rings is 1. The van der Waals surface area contributed by atoms with E-state index in [0.29, 0.717) is 23.0 Å². The topological polar surface area (TPSA) is 84.7 Å². The maximum absolute atomic E-state index is 13.0. The molecule has 1 N–H and O–H groups in total. The molecule has 142 valence electrons. The molecule has 1 aromatic heterocycles. The van der Waals surface area contributed by atoms with Gasteiger partial charge < -0.3 is 14.5 Å². The number of carbonyl (C=O) groups excluding carboxylic acids is 2. The predicted molar refractivity (Wildman–Crippen MR) is 101 cm³/mol. The largest absolute Gasteiger partial charge is 0.497 e. The normalized spacial score (nSPS) is 19.0. The van der Waals surface area contributed by atoms with Gasteiger partial charge in [0.25, 0.3) is 5.91 Å². The Hall–Kier alpha value is -3.61. The lowest BCUT2D eigenvalue weighted by Crippen LogP contribution is -2.40. The number of ether oxygens (including phenoxy) is 1. The number of amides is 3. The molecular formula is C21H19N3O4. The number of benzene rings is 2. The Morgan fingerprint density at radius 3 is 2.50 bits per heavy atom. The Bertz CT molecular complexity index is 1010. The van der Waals surface area contributed by atoms with Crippen molar-refractivity contribution in [2.45, 2.75) is 19.0 Å². The fraction of sp³-hybridized carbons (Fsp3) is 0.190. The average molecular weight is 377 g/mol. The molecule has 3 amide bonds. The van der Waals surface area contributed by atoms with Crippen LogP contribution in [0.1, 0.15) is 18.4 Å². The minimum absolute atomic E-state index is 0.0384. The van der Waals surface area contributed by atoms with Gasteiger partial charge in [-0.15, -0.1) is 0 Å². The van der Waals surface area contributed by atoms with Crippen molar-refractivity contribution in [1.29, 1.82) is 0 Å². The number of nitrogens with one attached hydrogen (secondary N) is 1. The van der Waals surface area contributed by atoms with Gasteiger partial charge in [-0.05, 0) is 24.6 Å².